The van der Waals surface area contributed by atoms with Crippen molar-refractivity contribution in [3.8, 4) is 11.4 Å². The Morgan fingerprint density at radius 1 is 1.11 bits per heavy atom. The second-order valence-electron chi connectivity index (χ2n) is 6.26. The first-order chi connectivity index (χ1) is 13.1. The summed E-state index contributed by atoms with van der Waals surface area (Å²) in [5.74, 6) is 1.09. The summed E-state index contributed by atoms with van der Waals surface area (Å²) < 4.78 is 2.05. The molecule has 3 rings (SSSR count). The van der Waals surface area contributed by atoms with Crippen LogP contribution in [0.3, 0.4) is 0 Å². The van der Waals surface area contributed by atoms with Gasteiger partial charge in [-0.15, -0.1) is 10.2 Å². The zero-order valence-electron chi connectivity index (χ0n) is 15.9. The lowest BCUT2D eigenvalue weighted by molar-refractivity contribution is -0.113. The lowest BCUT2D eigenvalue weighted by Gasteiger charge is -2.09. The minimum Gasteiger partial charge on any atom is -0.325 e. The molecule has 27 heavy (non-hydrogen) atoms. The molecule has 1 amide bonds. The SMILES string of the molecule is CCc1cccc(NC(=O)CSc2nnc(-c3ccccc3C)n2CC)c1. The fourth-order valence-electron chi connectivity index (χ4n) is 2.90. The monoisotopic (exact) mass is 380 g/mol. The second kappa shape index (κ2) is 8.86. The number of nitrogens with one attached hydrogen (secondary N) is 1. The highest BCUT2D eigenvalue weighted by atomic mass is 32.2. The van der Waals surface area contributed by atoms with Crippen molar-refractivity contribution >= 4 is 23.4 Å². The Morgan fingerprint density at radius 2 is 1.93 bits per heavy atom. The van der Waals surface area contributed by atoms with Gasteiger partial charge in [-0.1, -0.05) is 55.1 Å². The highest BCUT2D eigenvalue weighted by molar-refractivity contribution is 7.99. The molecule has 2 aromatic carbocycles. The quantitative estimate of drug-likeness (QED) is 0.610. The molecule has 0 atom stereocenters. The topological polar surface area (TPSA) is 59.8 Å². The lowest BCUT2D eigenvalue weighted by atomic mass is 10.1. The summed E-state index contributed by atoms with van der Waals surface area (Å²) in [6, 6.07) is 16.1. The average Bonchev–Trinajstić information content (AvgIpc) is 3.09. The minimum atomic E-state index is -0.0450. The van der Waals surface area contributed by atoms with Crippen molar-refractivity contribution in [3.63, 3.8) is 0 Å². The fraction of sp³-hybridized carbons (Fsp3) is 0.286. The van der Waals surface area contributed by atoms with Crippen molar-refractivity contribution in [1.82, 2.24) is 14.8 Å². The number of carbonyl (C=O) groups excluding carboxylic acids is 1. The van der Waals surface area contributed by atoms with Crippen LogP contribution in [0.2, 0.25) is 0 Å². The van der Waals surface area contributed by atoms with Gasteiger partial charge in [-0.2, -0.15) is 0 Å². The van der Waals surface area contributed by atoms with Gasteiger partial charge in [0, 0.05) is 17.8 Å². The molecule has 6 heteroatoms. The summed E-state index contributed by atoms with van der Waals surface area (Å²) in [5, 5.41) is 12.4. The molecule has 0 radical (unpaired) electrons. The highest BCUT2D eigenvalue weighted by Gasteiger charge is 2.15. The van der Waals surface area contributed by atoms with Gasteiger partial charge >= 0.3 is 0 Å². The van der Waals surface area contributed by atoms with Gasteiger partial charge in [0.1, 0.15) is 0 Å². The maximum Gasteiger partial charge on any atom is 0.234 e. The van der Waals surface area contributed by atoms with E-state index in [2.05, 4.69) is 53.0 Å². The fourth-order valence-corrected chi connectivity index (χ4v) is 3.70. The van der Waals surface area contributed by atoms with Crippen LogP contribution in [0.15, 0.2) is 53.7 Å². The predicted octanol–water partition coefficient (Wildman–Crippen LogP) is 4.57. The van der Waals surface area contributed by atoms with Gasteiger partial charge in [-0.3, -0.25) is 4.79 Å². The van der Waals surface area contributed by atoms with Crippen LogP contribution >= 0.6 is 11.8 Å². The van der Waals surface area contributed by atoms with Crippen molar-refractivity contribution in [2.45, 2.75) is 38.9 Å². The summed E-state index contributed by atoms with van der Waals surface area (Å²) >= 11 is 1.41. The molecule has 0 aliphatic carbocycles. The number of hydrogen-bond donors (Lipinski definition) is 1. The first-order valence-corrected chi connectivity index (χ1v) is 10.1. The van der Waals surface area contributed by atoms with Gasteiger partial charge in [-0.05, 0) is 43.5 Å². The number of amides is 1. The van der Waals surface area contributed by atoms with Gasteiger partial charge in [0.2, 0.25) is 5.91 Å². The van der Waals surface area contributed by atoms with Crippen molar-refractivity contribution in [1.29, 1.82) is 0 Å². The van der Waals surface area contributed by atoms with E-state index in [-0.39, 0.29) is 5.91 Å². The lowest BCUT2D eigenvalue weighted by Crippen LogP contribution is -2.14. The number of aromatic nitrogens is 3. The van der Waals surface area contributed by atoms with E-state index in [0.717, 1.165) is 40.8 Å². The van der Waals surface area contributed by atoms with Crippen molar-refractivity contribution in [3.05, 3.63) is 59.7 Å². The number of benzene rings is 2. The van der Waals surface area contributed by atoms with Crippen LogP contribution in [0.25, 0.3) is 11.4 Å². The standard InChI is InChI=1S/C21H24N4OS/c1-4-16-10-8-11-17(13-16)22-19(26)14-27-21-24-23-20(25(21)5-2)18-12-7-6-9-15(18)3/h6-13H,4-5,14H2,1-3H3,(H,22,26). The van der Waals surface area contributed by atoms with Gasteiger partial charge in [0.15, 0.2) is 11.0 Å². The Morgan fingerprint density at radius 3 is 2.67 bits per heavy atom. The van der Waals surface area contributed by atoms with Crippen LogP contribution in [-0.2, 0) is 17.8 Å². The van der Waals surface area contributed by atoms with E-state index in [0.29, 0.717) is 5.75 Å². The molecule has 0 spiro atoms. The van der Waals surface area contributed by atoms with E-state index in [4.69, 9.17) is 0 Å². The van der Waals surface area contributed by atoms with Gasteiger partial charge in [0.25, 0.3) is 0 Å². The van der Waals surface area contributed by atoms with E-state index < -0.39 is 0 Å². The zero-order chi connectivity index (χ0) is 19.2. The van der Waals surface area contributed by atoms with Crippen LogP contribution in [0.4, 0.5) is 5.69 Å². The molecule has 0 fully saturated rings. The van der Waals surface area contributed by atoms with Crippen molar-refractivity contribution in [2.24, 2.45) is 0 Å². The van der Waals surface area contributed by atoms with Crippen LogP contribution in [0, 0.1) is 6.92 Å². The van der Waals surface area contributed by atoms with Crippen LogP contribution in [0.5, 0.6) is 0 Å². The molecule has 0 saturated heterocycles. The Labute approximate surface area is 164 Å². The van der Waals surface area contributed by atoms with Gasteiger partial charge in [-0.25, -0.2) is 0 Å². The number of nitrogens with zero attached hydrogens (tertiary/aromatic N) is 3. The summed E-state index contributed by atoms with van der Waals surface area (Å²) in [7, 11) is 0. The third-order valence-electron chi connectivity index (χ3n) is 4.37. The largest absolute Gasteiger partial charge is 0.325 e. The molecule has 5 nitrogen and oxygen atoms in total. The van der Waals surface area contributed by atoms with E-state index in [1.54, 1.807) is 0 Å². The Bertz CT molecular complexity index is 935. The maximum atomic E-state index is 12.3. The summed E-state index contributed by atoms with van der Waals surface area (Å²) in [6.07, 6.45) is 0.944. The van der Waals surface area contributed by atoms with E-state index >= 15 is 0 Å². The summed E-state index contributed by atoms with van der Waals surface area (Å²) in [5.41, 5.74) is 4.26. The molecule has 3 aromatic rings. The maximum absolute atomic E-state index is 12.3. The first kappa shape index (κ1) is 19.2. The zero-order valence-corrected chi connectivity index (χ0v) is 16.7. The van der Waals surface area contributed by atoms with Crippen LogP contribution in [0.1, 0.15) is 25.0 Å². The van der Waals surface area contributed by atoms with Crippen LogP contribution in [-0.4, -0.2) is 26.4 Å². The molecule has 1 aromatic heterocycles. The van der Waals surface area contributed by atoms with Gasteiger partial charge in [0.05, 0.1) is 5.75 Å². The average molecular weight is 381 g/mol. The normalized spacial score (nSPS) is 10.8. The van der Waals surface area contributed by atoms with Crippen molar-refractivity contribution in [2.75, 3.05) is 11.1 Å². The second-order valence-corrected chi connectivity index (χ2v) is 7.20. The Kier molecular flexibility index (Phi) is 6.29. The smallest absolute Gasteiger partial charge is 0.234 e. The van der Waals surface area contributed by atoms with Crippen LogP contribution < -0.4 is 5.32 Å². The first-order valence-electron chi connectivity index (χ1n) is 9.13. The number of hydrogen-bond acceptors (Lipinski definition) is 4. The molecule has 0 aliphatic heterocycles. The summed E-state index contributed by atoms with van der Waals surface area (Å²) in [4.78, 5) is 12.3. The van der Waals surface area contributed by atoms with E-state index in [1.165, 1.54) is 17.3 Å². The van der Waals surface area contributed by atoms with E-state index in [1.807, 2.05) is 36.4 Å². The number of aryl methyl sites for hydroxylation is 2. The molecule has 1 heterocycles. The Balaban J connectivity index is 1.69. The molecule has 1 N–H and O–H groups in total. The van der Waals surface area contributed by atoms with Gasteiger partial charge < -0.3 is 9.88 Å². The molecule has 0 aliphatic rings. The van der Waals surface area contributed by atoms with E-state index in [9.17, 15) is 4.79 Å². The number of thioether (sulfide) groups is 1. The highest BCUT2D eigenvalue weighted by Crippen LogP contribution is 2.26. The summed E-state index contributed by atoms with van der Waals surface area (Å²) in [6.45, 7) is 6.97. The Hall–Kier alpha value is -2.60. The molecular weight excluding hydrogens is 356 g/mol. The molecule has 0 bridgehead atoms. The number of carbonyl (C=O) groups is 1. The number of rotatable bonds is 7. The molecule has 140 valence electrons. The third-order valence-corrected chi connectivity index (χ3v) is 5.34. The van der Waals surface area contributed by atoms with Crippen molar-refractivity contribution < 1.29 is 4.79 Å². The minimum absolute atomic E-state index is 0.0450. The predicted molar refractivity (Wildman–Crippen MR) is 111 cm³/mol. The third kappa shape index (κ3) is 4.57. The number of anilines is 1. The molecule has 0 saturated carbocycles. The molecular formula is C21H24N4OS. The molecule has 0 unspecified atom stereocenters.